The van der Waals surface area contributed by atoms with Gasteiger partial charge in [0.1, 0.15) is 0 Å². The molecular formula is C14H15FN2O. The van der Waals surface area contributed by atoms with Gasteiger partial charge in [0.2, 0.25) is 0 Å². The summed E-state index contributed by atoms with van der Waals surface area (Å²) in [5, 5.41) is 0. The van der Waals surface area contributed by atoms with Gasteiger partial charge in [0.25, 0.3) is 0 Å². The predicted octanol–water partition coefficient (Wildman–Crippen LogP) is 2.73. The highest BCUT2D eigenvalue weighted by Gasteiger charge is 2.06. The molecule has 0 atom stereocenters. The number of rotatable bonds is 4. The molecule has 1 aromatic heterocycles. The van der Waals surface area contributed by atoms with E-state index in [9.17, 15) is 4.39 Å². The molecule has 1 aromatic carbocycles. The molecule has 0 unspecified atom stereocenters. The van der Waals surface area contributed by atoms with E-state index in [0.717, 1.165) is 11.3 Å². The van der Waals surface area contributed by atoms with Crippen molar-refractivity contribution in [1.82, 2.24) is 4.98 Å². The first-order valence-electron chi connectivity index (χ1n) is 5.75. The van der Waals surface area contributed by atoms with Crippen LogP contribution in [-0.2, 0) is 6.42 Å². The predicted molar refractivity (Wildman–Crippen MR) is 69.0 cm³/mol. The van der Waals surface area contributed by atoms with Gasteiger partial charge < -0.3 is 10.5 Å². The molecule has 94 valence electrons. The zero-order chi connectivity index (χ0) is 13.0. The fourth-order valence-electron chi connectivity index (χ4n) is 1.59. The second-order valence-electron chi connectivity index (χ2n) is 4.06. The minimum atomic E-state index is -0.431. The average molecular weight is 246 g/mol. The summed E-state index contributed by atoms with van der Waals surface area (Å²) >= 11 is 0. The van der Waals surface area contributed by atoms with E-state index in [1.165, 1.54) is 6.07 Å². The molecular weight excluding hydrogens is 231 g/mol. The van der Waals surface area contributed by atoms with Gasteiger partial charge in [-0.3, -0.25) is 4.98 Å². The molecule has 0 amide bonds. The van der Waals surface area contributed by atoms with Gasteiger partial charge in [0.05, 0.1) is 6.61 Å². The first-order chi connectivity index (χ1) is 8.66. The molecule has 0 fully saturated rings. The number of halogens is 1. The van der Waals surface area contributed by atoms with Crippen LogP contribution in [0.15, 0.2) is 36.5 Å². The standard InChI is InChI=1S/C14H15FN2O/c1-10-8-14(12(15)9-13(10)16)18-7-5-11-4-2-3-6-17-11/h2-4,6,8-9H,5,7,16H2,1H3. The van der Waals surface area contributed by atoms with Crippen LogP contribution in [0.25, 0.3) is 0 Å². The van der Waals surface area contributed by atoms with E-state index in [0.29, 0.717) is 18.7 Å². The van der Waals surface area contributed by atoms with Crippen LogP contribution in [0.5, 0.6) is 5.75 Å². The Morgan fingerprint density at radius 3 is 2.89 bits per heavy atom. The zero-order valence-corrected chi connectivity index (χ0v) is 10.2. The minimum absolute atomic E-state index is 0.234. The van der Waals surface area contributed by atoms with Crippen molar-refractivity contribution in [3.8, 4) is 5.75 Å². The lowest BCUT2D eigenvalue weighted by Gasteiger charge is -2.09. The number of nitrogens with two attached hydrogens (primary N) is 1. The van der Waals surface area contributed by atoms with E-state index in [-0.39, 0.29) is 5.75 Å². The van der Waals surface area contributed by atoms with Crippen LogP contribution >= 0.6 is 0 Å². The third-order valence-electron chi connectivity index (χ3n) is 2.66. The molecule has 18 heavy (non-hydrogen) atoms. The number of nitrogens with zero attached hydrogens (tertiary/aromatic N) is 1. The summed E-state index contributed by atoms with van der Waals surface area (Å²) < 4.78 is 18.9. The molecule has 2 rings (SSSR count). The molecule has 2 aromatic rings. The highest BCUT2D eigenvalue weighted by molar-refractivity contribution is 5.50. The van der Waals surface area contributed by atoms with Gasteiger partial charge in [-0.05, 0) is 30.7 Å². The SMILES string of the molecule is Cc1cc(OCCc2ccccn2)c(F)cc1N. The molecule has 0 saturated heterocycles. The molecule has 0 saturated carbocycles. The van der Waals surface area contributed by atoms with Crippen molar-refractivity contribution in [3.05, 3.63) is 53.6 Å². The largest absolute Gasteiger partial charge is 0.490 e. The third-order valence-corrected chi connectivity index (χ3v) is 2.66. The maximum absolute atomic E-state index is 13.5. The summed E-state index contributed by atoms with van der Waals surface area (Å²) in [7, 11) is 0. The van der Waals surface area contributed by atoms with Crippen LogP contribution in [0.4, 0.5) is 10.1 Å². The van der Waals surface area contributed by atoms with E-state index in [2.05, 4.69) is 4.98 Å². The fourth-order valence-corrected chi connectivity index (χ4v) is 1.59. The average Bonchev–Trinajstić information content (AvgIpc) is 2.37. The van der Waals surface area contributed by atoms with Gasteiger partial charge in [-0.2, -0.15) is 0 Å². The number of aromatic nitrogens is 1. The normalized spacial score (nSPS) is 10.3. The number of hydrogen-bond acceptors (Lipinski definition) is 3. The topological polar surface area (TPSA) is 48.1 Å². The van der Waals surface area contributed by atoms with E-state index in [1.807, 2.05) is 25.1 Å². The van der Waals surface area contributed by atoms with Gasteiger partial charge in [-0.1, -0.05) is 6.07 Å². The number of benzene rings is 1. The second-order valence-corrected chi connectivity index (χ2v) is 4.06. The van der Waals surface area contributed by atoms with Crippen LogP contribution in [-0.4, -0.2) is 11.6 Å². The summed E-state index contributed by atoms with van der Waals surface area (Å²) in [6.45, 7) is 2.21. The lowest BCUT2D eigenvalue weighted by Crippen LogP contribution is -2.04. The number of pyridine rings is 1. The maximum Gasteiger partial charge on any atom is 0.167 e. The van der Waals surface area contributed by atoms with Crippen LogP contribution in [0.1, 0.15) is 11.3 Å². The highest BCUT2D eigenvalue weighted by atomic mass is 19.1. The molecule has 0 spiro atoms. The summed E-state index contributed by atoms with van der Waals surface area (Å²) in [5.74, 6) is -0.197. The van der Waals surface area contributed by atoms with E-state index in [1.54, 1.807) is 12.3 Å². The Hall–Kier alpha value is -2.10. The lowest BCUT2D eigenvalue weighted by molar-refractivity contribution is 0.304. The first kappa shape index (κ1) is 12.4. The van der Waals surface area contributed by atoms with E-state index in [4.69, 9.17) is 10.5 Å². The summed E-state index contributed by atoms with van der Waals surface area (Å²) in [6.07, 6.45) is 2.37. The maximum atomic E-state index is 13.5. The Bertz CT molecular complexity index is 529. The monoisotopic (exact) mass is 246 g/mol. The Morgan fingerprint density at radius 1 is 1.33 bits per heavy atom. The van der Waals surface area contributed by atoms with Crippen molar-refractivity contribution < 1.29 is 9.13 Å². The van der Waals surface area contributed by atoms with Gasteiger partial charge in [0, 0.05) is 30.1 Å². The molecule has 0 aliphatic heterocycles. The zero-order valence-electron chi connectivity index (χ0n) is 10.2. The smallest absolute Gasteiger partial charge is 0.167 e. The molecule has 2 N–H and O–H groups in total. The number of ether oxygens (including phenoxy) is 1. The summed E-state index contributed by atoms with van der Waals surface area (Å²) in [4.78, 5) is 4.17. The minimum Gasteiger partial charge on any atom is -0.490 e. The molecule has 0 bridgehead atoms. The van der Waals surface area contributed by atoms with Crippen molar-refractivity contribution in [2.75, 3.05) is 12.3 Å². The Labute approximate surface area is 105 Å². The van der Waals surface area contributed by atoms with Gasteiger partial charge in [-0.15, -0.1) is 0 Å². The van der Waals surface area contributed by atoms with Crippen molar-refractivity contribution in [3.63, 3.8) is 0 Å². The van der Waals surface area contributed by atoms with Crippen LogP contribution < -0.4 is 10.5 Å². The summed E-state index contributed by atoms with van der Waals surface area (Å²) in [6, 6.07) is 8.58. The lowest BCUT2D eigenvalue weighted by atomic mass is 10.2. The number of nitrogen functional groups attached to an aromatic ring is 1. The van der Waals surface area contributed by atoms with Crippen molar-refractivity contribution in [2.24, 2.45) is 0 Å². The first-order valence-corrected chi connectivity index (χ1v) is 5.75. The van der Waals surface area contributed by atoms with Gasteiger partial charge in [0.15, 0.2) is 11.6 Å². The van der Waals surface area contributed by atoms with Crippen molar-refractivity contribution >= 4 is 5.69 Å². The Balaban J connectivity index is 1.97. The third kappa shape index (κ3) is 2.97. The second kappa shape index (κ2) is 5.49. The Kier molecular flexibility index (Phi) is 3.77. The van der Waals surface area contributed by atoms with Crippen molar-refractivity contribution in [2.45, 2.75) is 13.3 Å². The number of aryl methyl sites for hydroxylation is 1. The van der Waals surface area contributed by atoms with E-state index < -0.39 is 5.82 Å². The quantitative estimate of drug-likeness (QED) is 0.844. The number of anilines is 1. The van der Waals surface area contributed by atoms with Crippen molar-refractivity contribution in [1.29, 1.82) is 0 Å². The molecule has 0 aliphatic rings. The molecule has 4 heteroatoms. The van der Waals surface area contributed by atoms with Crippen LogP contribution in [0, 0.1) is 12.7 Å². The molecule has 0 aliphatic carbocycles. The van der Waals surface area contributed by atoms with Crippen LogP contribution in [0.3, 0.4) is 0 Å². The van der Waals surface area contributed by atoms with Gasteiger partial charge >= 0.3 is 0 Å². The Morgan fingerprint density at radius 2 is 2.17 bits per heavy atom. The number of hydrogen-bond donors (Lipinski definition) is 1. The van der Waals surface area contributed by atoms with Gasteiger partial charge in [-0.25, -0.2) is 4.39 Å². The van der Waals surface area contributed by atoms with Crippen LogP contribution in [0.2, 0.25) is 0 Å². The molecule has 3 nitrogen and oxygen atoms in total. The molecule has 1 heterocycles. The molecule has 0 radical (unpaired) electrons. The van der Waals surface area contributed by atoms with E-state index >= 15 is 0 Å². The summed E-state index contributed by atoms with van der Waals surface area (Å²) in [5.41, 5.74) is 7.77. The highest BCUT2D eigenvalue weighted by Crippen LogP contribution is 2.23. The fraction of sp³-hybridized carbons (Fsp3) is 0.214.